The number of aryl methyl sites for hydroxylation is 1. The van der Waals surface area contributed by atoms with Crippen LogP contribution in [0.1, 0.15) is 49.7 Å². The summed E-state index contributed by atoms with van der Waals surface area (Å²) >= 11 is 0. The number of carbonyl (C=O) groups excluding carboxylic acids is 1. The van der Waals surface area contributed by atoms with E-state index < -0.39 is 0 Å². The van der Waals surface area contributed by atoms with E-state index in [1.165, 1.54) is 18.4 Å². The van der Waals surface area contributed by atoms with Gasteiger partial charge >= 0.3 is 0 Å². The average Bonchev–Trinajstić information content (AvgIpc) is 3.26. The zero-order valence-corrected chi connectivity index (χ0v) is 19.7. The minimum absolute atomic E-state index is 0.0800. The monoisotopic (exact) mass is 438 g/mol. The van der Waals surface area contributed by atoms with E-state index in [9.17, 15) is 4.79 Å². The first-order valence-electron chi connectivity index (χ1n) is 12.0. The van der Waals surface area contributed by atoms with E-state index in [1.54, 1.807) is 6.20 Å². The van der Waals surface area contributed by atoms with Gasteiger partial charge in [0.25, 0.3) is 5.91 Å². The maximum atomic E-state index is 13.4. The predicted octanol–water partition coefficient (Wildman–Crippen LogP) is 5.66. The molecule has 5 heteroatoms. The molecular weight excluding hydrogens is 408 g/mol. The first-order chi connectivity index (χ1) is 15.8. The highest BCUT2D eigenvalue weighted by atomic mass is 16.2. The van der Waals surface area contributed by atoms with Gasteiger partial charge in [-0.05, 0) is 67.2 Å². The molecule has 3 aromatic heterocycles. The third kappa shape index (κ3) is 3.09. The number of nitrogens with zero attached hydrogens (tertiary/aromatic N) is 3. The van der Waals surface area contributed by atoms with E-state index in [1.807, 2.05) is 22.7 Å². The molecule has 0 radical (unpaired) electrons. The Hall–Kier alpha value is -3.21. The standard InChI is InChI=1S/C28H30N4O/c1-16-7-9-18(10-8-16)24-14-22-20(6-5-11-29-22)25-15-23(31-32(24)25)27(33)30-26-17(2)12-19-13-21(26)28(19,3)4/h5-11,14-15,17,19,21,26H,12-13H2,1-4H3,(H,30,33)/t17-,19?,21?,26?/m0/s1. The summed E-state index contributed by atoms with van der Waals surface area (Å²) in [7, 11) is 0. The summed E-state index contributed by atoms with van der Waals surface area (Å²) in [6.07, 6.45) is 4.22. The van der Waals surface area contributed by atoms with E-state index in [2.05, 4.69) is 68.3 Å². The zero-order valence-electron chi connectivity index (χ0n) is 19.7. The summed E-state index contributed by atoms with van der Waals surface area (Å²) < 4.78 is 1.90. The van der Waals surface area contributed by atoms with Crippen LogP contribution in [0.3, 0.4) is 0 Å². The molecule has 4 aromatic rings. The highest BCUT2D eigenvalue weighted by molar-refractivity contribution is 6.00. The van der Waals surface area contributed by atoms with Gasteiger partial charge in [0.2, 0.25) is 0 Å². The van der Waals surface area contributed by atoms with Gasteiger partial charge in [-0.15, -0.1) is 0 Å². The van der Waals surface area contributed by atoms with Crippen LogP contribution in [0.5, 0.6) is 0 Å². The highest BCUT2D eigenvalue weighted by Crippen LogP contribution is 2.60. The molecule has 5 nitrogen and oxygen atoms in total. The molecule has 3 fully saturated rings. The number of fused-ring (bicyclic) bond motifs is 5. The summed E-state index contributed by atoms with van der Waals surface area (Å²) in [6, 6.07) is 16.5. The molecule has 1 aromatic carbocycles. The molecule has 7 rings (SSSR count). The maximum absolute atomic E-state index is 13.4. The quantitative estimate of drug-likeness (QED) is 0.449. The molecule has 2 bridgehead atoms. The predicted molar refractivity (Wildman–Crippen MR) is 131 cm³/mol. The highest BCUT2D eigenvalue weighted by Gasteiger charge is 2.57. The summed E-state index contributed by atoms with van der Waals surface area (Å²) in [4.78, 5) is 18.0. The molecule has 3 unspecified atom stereocenters. The van der Waals surface area contributed by atoms with Crippen molar-refractivity contribution in [3.05, 3.63) is 66.0 Å². The Labute approximate surface area is 194 Å². The van der Waals surface area contributed by atoms with Crippen LogP contribution < -0.4 is 5.32 Å². The van der Waals surface area contributed by atoms with Gasteiger partial charge in [0.15, 0.2) is 5.69 Å². The van der Waals surface area contributed by atoms with Crippen LogP contribution in [0.2, 0.25) is 0 Å². The fourth-order valence-electron chi connectivity index (χ4n) is 6.26. The second kappa shape index (κ2) is 7.14. The fraction of sp³-hybridized carbons (Fsp3) is 0.393. The van der Waals surface area contributed by atoms with Gasteiger partial charge in [-0.3, -0.25) is 9.78 Å². The number of benzene rings is 1. The molecule has 33 heavy (non-hydrogen) atoms. The molecule has 3 aliphatic rings. The molecule has 4 atom stereocenters. The molecule has 1 N–H and O–H groups in total. The first kappa shape index (κ1) is 20.4. The van der Waals surface area contributed by atoms with Crippen molar-refractivity contribution in [1.82, 2.24) is 19.9 Å². The Kier molecular flexibility index (Phi) is 4.42. The summed E-state index contributed by atoms with van der Waals surface area (Å²) in [5.41, 5.74) is 5.77. The Balaban J connectivity index is 1.42. The van der Waals surface area contributed by atoms with Crippen LogP contribution in [0.25, 0.3) is 27.7 Å². The van der Waals surface area contributed by atoms with E-state index >= 15 is 0 Å². The fourth-order valence-corrected chi connectivity index (χ4v) is 6.26. The van der Waals surface area contributed by atoms with Crippen molar-refractivity contribution in [2.75, 3.05) is 0 Å². The lowest BCUT2D eigenvalue weighted by atomic mass is 9.45. The lowest BCUT2D eigenvalue weighted by molar-refractivity contribution is -0.107. The molecule has 3 saturated carbocycles. The van der Waals surface area contributed by atoms with E-state index in [-0.39, 0.29) is 11.9 Å². The number of aromatic nitrogens is 3. The second-order valence-electron chi connectivity index (χ2n) is 10.7. The van der Waals surface area contributed by atoms with Crippen LogP contribution in [0, 0.1) is 30.1 Å². The lowest BCUT2D eigenvalue weighted by Crippen LogP contribution is -2.62. The van der Waals surface area contributed by atoms with E-state index in [4.69, 9.17) is 5.10 Å². The van der Waals surface area contributed by atoms with Gasteiger partial charge in [0.05, 0.1) is 16.7 Å². The van der Waals surface area contributed by atoms with Crippen molar-refractivity contribution < 1.29 is 4.79 Å². The third-order valence-corrected chi connectivity index (χ3v) is 8.45. The molecular formula is C28H30N4O. The van der Waals surface area contributed by atoms with Crippen LogP contribution >= 0.6 is 0 Å². The third-order valence-electron chi connectivity index (χ3n) is 8.45. The van der Waals surface area contributed by atoms with Crippen LogP contribution in [-0.2, 0) is 0 Å². The minimum Gasteiger partial charge on any atom is -0.347 e. The van der Waals surface area contributed by atoms with Gasteiger partial charge in [0, 0.05) is 23.2 Å². The maximum Gasteiger partial charge on any atom is 0.272 e. The first-order valence-corrected chi connectivity index (χ1v) is 12.0. The van der Waals surface area contributed by atoms with Crippen molar-refractivity contribution in [2.45, 2.75) is 46.6 Å². The molecule has 0 aliphatic heterocycles. The molecule has 1 amide bonds. The molecule has 0 saturated heterocycles. The molecule has 3 aliphatic carbocycles. The normalized spacial score (nSPS) is 25.7. The molecule has 3 heterocycles. The van der Waals surface area contributed by atoms with Crippen molar-refractivity contribution >= 4 is 22.3 Å². The van der Waals surface area contributed by atoms with Gasteiger partial charge in [-0.25, -0.2) is 4.52 Å². The van der Waals surface area contributed by atoms with E-state index in [0.29, 0.717) is 22.9 Å². The molecule has 168 valence electrons. The number of hydrogen-bond donors (Lipinski definition) is 1. The zero-order chi connectivity index (χ0) is 22.9. The lowest BCUT2D eigenvalue weighted by Gasteiger charge is -2.62. The summed E-state index contributed by atoms with van der Waals surface area (Å²) in [5.74, 6) is 1.75. The van der Waals surface area contributed by atoms with Crippen LogP contribution in [0.4, 0.5) is 0 Å². The number of hydrogen-bond acceptors (Lipinski definition) is 3. The van der Waals surface area contributed by atoms with Crippen molar-refractivity contribution in [1.29, 1.82) is 0 Å². The Bertz CT molecular complexity index is 1380. The Morgan fingerprint density at radius 2 is 1.91 bits per heavy atom. The SMILES string of the molecule is Cc1ccc(-c2cc3ncccc3c3cc(C(=O)NC4C5CC(C[C@@H]4C)C5(C)C)nn23)cc1. The minimum atomic E-state index is -0.0800. The van der Waals surface area contributed by atoms with Crippen LogP contribution in [-0.4, -0.2) is 26.5 Å². The van der Waals surface area contributed by atoms with Crippen molar-refractivity contribution in [2.24, 2.45) is 23.2 Å². The van der Waals surface area contributed by atoms with Crippen molar-refractivity contribution in [3.8, 4) is 11.3 Å². The van der Waals surface area contributed by atoms with Gasteiger partial charge in [-0.1, -0.05) is 50.6 Å². The topological polar surface area (TPSA) is 59.3 Å². The molecule has 0 spiro atoms. The Morgan fingerprint density at radius 1 is 1.12 bits per heavy atom. The van der Waals surface area contributed by atoms with Crippen molar-refractivity contribution in [3.63, 3.8) is 0 Å². The number of amides is 1. The van der Waals surface area contributed by atoms with Gasteiger partial charge in [-0.2, -0.15) is 5.10 Å². The number of pyridine rings is 2. The number of rotatable bonds is 3. The number of nitrogens with one attached hydrogen (secondary N) is 1. The summed E-state index contributed by atoms with van der Waals surface area (Å²) in [6.45, 7) is 9.07. The number of carbonyl (C=O) groups is 1. The van der Waals surface area contributed by atoms with Crippen LogP contribution in [0.15, 0.2) is 54.7 Å². The second-order valence-corrected chi connectivity index (χ2v) is 10.7. The Morgan fingerprint density at radius 3 is 2.67 bits per heavy atom. The summed E-state index contributed by atoms with van der Waals surface area (Å²) in [5, 5.41) is 9.17. The largest absolute Gasteiger partial charge is 0.347 e. The van der Waals surface area contributed by atoms with Gasteiger partial charge in [0.1, 0.15) is 0 Å². The average molecular weight is 439 g/mol. The van der Waals surface area contributed by atoms with Gasteiger partial charge < -0.3 is 5.32 Å². The van der Waals surface area contributed by atoms with E-state index in [0.717, 1.165) is 33.6 Å². The smallest absolute Gasteiger partial charge is 0.272 e.